The first-order chi connectivity index (χ1) is 16.5. The first kappa shape index (κ1) is 21.9. The molecule has 2 aromatic heterocycles. The van der Waals surface area contributed by atoms with Crippen molar-refractivity contribution in [1.29, 1.82) is 0 Å². The molecule has 176 valence electrons. The molecule has 1 saturated heterocycles. The number of aromatic nitrogens is 3. The van der Waals surface area contributed by atoms with Crippen LogP contribution in [0.3, 0.4) is 0 Å². The monoisotopic (exact) mass is 498 g/mol. The molecule has 1 aliphatic heterocycles. The van der Waals surface area contributed by atoms with Crippen molar-refractivity contribution in [2.45, 2.75) is 50.4 Å². The van der Waals surface area contributed by atoms with Crippen LogP contribution in [0.15, 0.2) is 36.5 Å². The Bertz CT molecular complexity index is 1220. The third-order valence-electron chi connectivity index (χ3n) is 7.22. The zero-order valence-corrected chi connectivity index (χ0v) is 19.9. The van der Waals surface area contributed by atoms with Crippen LogP contribution >= 0.6 is 23.2 Å². The van der Waals surface area contributed by atoms with Gasteiger partial charge in [-0.1, -0.05) is 23.2 Å². The molecule has 6 rings (SSSR count). The van der Waals surface area contributed by atoms with Gasteiger partial charge in [0.2, 0.25) is 0 Å². The van der Waals surface area contributed by atoms with E-state index < -0.39 is 5.97 Å². The van der Waals surface area contributed by atoms with E-state index in [0.717, 1.165) is 42.2 Å². The van der Waals surface area contributed by atoms with Crippen molar-refractivity contribution in [2.75, 3.05) is 11.4 Å². The highest BCUT2D eigenvalue weighted by Gasteiger charge is 2.45. The highest BCUT2D eigenvalue weighted by molar-refractivity contribution is 6.39. The number of hydrogen-bond acceptors (Lipinski definition) is 5. The Morgan fingerprint density at radius 1 is 1.18 bits per heavy atom. The van der Waals surface area contributed by atoms with Gasteiger partial charge in [0.25, 0.3) is 0 Å². The predicted molar refractivity (Wildman–Crippen MR) is 130 cm³/mol. The number of piperidine rings is 1. The van der Waals surface area contributed by atoms with Crippen LogP contribution in [0.1, 0.15) is 53.2 Å². The molecule has 0 unspecified atom stereocenters. The molecule has 9 heteroatoms. The number of ether oxygens (including phenoxy) is 1. The number of rotatable bonds is 7. The number of fused-ring (bicyclic) bond motifs is 2. The minimum Gasteiger partial charge on any atom is -0.478 e. The van der Waals surface area contributed by atoms with E-state index in [2.05, 4.69) is 20.1 Å². The van der Waals surface area contributed by atoms with E-state index in [4.69, 9.17) is 33.0 Å². The number of nitrogens with zero attached hydrogens (tertiary/aromatic N) is 3. The SMILES string of the molecule is O=C(O)c1ccc(N2C[C@@H]3C[C@H]2C[C@H]3OCc2cc(-c3c(Cl)cc(C4CC4)cc3Cl)n[nH]2)nc1. The highest BCUT2D eigenvalue weighted by atomic mass is 35.5. The van der Waals surface area contributed by atoms with Crippen molar-refractivity contribution in [3.63, 3.8) is 0 Å². The van der Waals surface area contributed by atoms with Gasteiger partial charge in [0.15, 0.2) is 0 Å². The summed E-state index contributed by atoms with van der Waals surface area (Å²) in [7, 11) is 0. The highest BCUT2D eigenvalue weighted by Crippen LogP contribution is 2.45. The third-order valence-corrected chi connectivity index (χ3v) is 7.82. The zero-order valence-electron chi connectivity index (χ0n) is 18.4. The molecule has 2 bridgehead atoms. The number of benzene rings is 1. The van der Waals surface area contributed by atoms with Gasteiger partial charge in [0.1, 0.15) is 5.82 Å². The second kappa shape index (κ2) is 8.56. The van der Waals surface area contributed by atoms with Gasteiger partial charge in [-0.2, -0.15) is 5.10 Å². The van der Waals surface area contributed by atoms with E-state index in [0.29, 0.717) is 34.5 Å². The summed E-state index contributed by atoms with van der Waals surface area (Å²) in [6.07, 6.45) is 5.98. The fourth-order valence-corrected chi connectivity index (χ4v) is 6.02. The number of carbonyl (C=O) groups is 1. The van der Waals surface area contributed by atoms with E-state index >= 15 is 0 Å². The standard InChI is InChI=1S/C25H24Cl2N4O3/c26-19-6-15(13-1-2-13)7-20(27)24(19)21-8-17(29-30-21)12-34-22-9-18-5-16(22)11-31(18)23-4-3-14(10-28-23)25(32)33/h3-4,6-8,10,13,16,18,22H,1-2,5,9,11-12H2,(H,29,30)(H,32,33)/t16-,18-,22+/m0/s1. The summed E-state index contributed by atoms with van der Waals surface area (Å²) in [6.45, 7) is 1.31. The molecule has 3 aliphatic rings. The summed E-state index contributed by atoms with van der Waals surface area (Å²) in [6, 6.07) is 9.74. The van der Waals surface area contributed by atoms with Crippen LogP contribution < -0.4 is 4.90 Å². The number of hydrogen-bond donors (Lipinski definition) is 2. The number of halogens is 2. The number of aromatic carboxylic acids is 1. The Labute approximate surface area is 207 Å². The normalized spacial score (nSPS) is 23.6. The summed E-state index contributed by atoms with van der Waals surface area (Å²) >= 11 is 13.1. The molecule has 3 heterocycles. The second-order valence-corrected chi connectivity index (χ2v) is 10.3. The Balaban J connectivity index is 1.08. The van der Waals surface area contributed by atoms with E-state index in [1.165, 1.54) is 24.6 Å². The van der Waals surface area contributed by atoms with Crippen LogP contribution in [-0.2, 0) is 11.3 Å². The smallest absolute Gasteiger partial charge is 0.337 e. The molecular formula is C25H24Cl2N4O3. The number of carboxylic acids is 1. The van der Waals surface area contributed by atoms with Gasteiger partial charge in [-0.05, 0) is 67.5 Å². The molecule has 3 atom stereocenters. The van der Waals surface area contributed by atoms with Crippen LogP contribution in [0.2, 0.25) is 10.0 Å². The van der Waals surface area contributed by atoms with Crippen LogP contribution in [-0.4, -0.2) is 44.9 Å². The van der Waals surface area contributed by atoms with Crippen molar-refractivity contribution in [1.82, 2.24) is 15.2 Å². The molecule has 2 saturated carbocycles. The maximum atomic E-state index is 11.1. The van der Waals surface area contributed by atoms with Gasteiger partial charge >= 0.3 is 5.97 Å². The summed E-state index contributed by atoms with van der Waals surface area (Å²) < 4.78 is 6.26. The number of pyridine rings is 1. The minimum absolute atomic E-state index is 0.177. The lowest BCUT2D eigenvalue weighted by Gasteiger charge is -2.32. The second-order valence-electron chi connectivity index (χ2n) is 9.51. The fraction of sp³-hybridized carbons (Fsp3) is 0.400. The van der Waals surface area contributed by atoms with Gasteiger partial charge < -0.3 is 14.7 Å². The van der Waals surface area contributed by atoms with Gasteiger partial charge in [-0.3, -0.25) is 5.10 Å². The van der Waals surface area contributed by atoms with Gasteiger partial charge in [0, 0.05) is 30.3 Å². The first-order valence-corrected chi connectivity index (χ1v) is 12.3. The van der Waals surface area contributed by atoms with Crippen LogP contribution in [0.4, 0.5) is 5.82 Å². The number of nitrogens with one attached hydrogen (secondary N) is 1. The van der Waals surface area contributed by atoms with Crippen LogP contribution in [0.25, 0.3) is 11.3 Å². The lowest BCUT2D eigenvalue weighted by Crippen LogP contribution is -2.39. The number of H-pyrrole nitrogens is 1. The number of anilines is 1. The molecule has 2 aliphatic carbocycles. The van der Waals surface area contributed by atoms with E-state index in [1.807, 2.05) is 18.2 Å². The van der Waals surface area contributed by atoms with Crippen LogP contribution in [0.5, 0.6) is 0 Å². The maximum absolute atomic E-state index is 11.1. The Kier molecular flexibility index (Phi) is 5.51. The van der Waals surface area contributed by atoms with Crippen molar-refractivity contribution >= 4 is 35.0 Å². The van der Waals surface area contributed by atoms with Crippen molar-refractivity contribution in [3.05, 3.63) is 63.4 Å². The molecule has 0 spiro atoms. The minimum atomic E-state index is -0.961. The molecule has 0 radical (unpaired) electrons. The summed E-state index contributed by atoms with van der Waals surface area (Å²) in [4.78, 5) is 17.7. The van der Waals surface area contributed by atoms with Crippen molar-refractivity contribution < 1.29 is 14.6 Å². The molecule has 34 heavy (non-hydrogen) atoms. The quantitative estimate of drug-likeness (QED) is 0.444. The predicted octanol–water partition coefficient (Wildman–Crippen LogP) is 5.54. The van der Waals surface area contributed by atoms with Gasteiger partial charge in [-0.15, -0.1) is 0 Å². The summed E-state index contributed by atoms with van der Waals surface area (Å²) in [5, 5.41) is 17.8. The van der Waals surface area contributed by atoms with E-state index in [1.54, 1.807) is 12.1 Å². The molecule has 2 N–H and O–H groups in total. The zero-order chi connectivity index (χ0) is 23.4. The maximum Gasteiger partial charge on any atom is 0.337 e. The topological polar surface area (TPSA) is 91.3 Å². The molecular weight excluding hydrogens is 475 g/mol. The van der Waals surface area contributed by atoms with Crippen LogP contribution in [0, 0.1) is 5.92 Å². The van der Waals surface area contributed by atoms with Gasteiger partial charge in [-0.25, -0.2) is 9.78 Å². The molecule has 0 amide bonds. The lowest BCUT2D eigenvalue weighted by atomic mass is 10.1. The Morgan fingerprint density at radius 3 is 2.59 bits per heavy atom. The summed E-state index contributed by atoms with van der Waals surface area (Å²) in [5.41, 5.74) is 3.78. The third kappa shape index (κ3) is 4.06. The molecule has 1 aromatic carbocycles. The van der Waals surface area contributed by atoms with Crippen molar-refractivity contribution in [3.8, 4) is 11.3 Å². The molecule has 3 fully saturated rings. The molecule has 3 aromatic rings. The van der Waals surface area contributed by atoms with E-state index in [9.17, 15) is 4.79 Å². The largest absolute Gasteiger partial charge is 0.478 e. The van der Waals surface area contributed by atoms with Gasteiger partial charge in [0.05, 0.1) is 39.7 Å². The van der Waals surface area contributed by atoms with Crippen molar-refractivity contribution in [2.24, 2.45) is 5.92 Å². The average Bonchev–Trinajstić information content (AvgIpc) is 3.25. The average molecular weight is 499 g/mol. The lowest BCUT2D eigenvalue weighted by molar-refractivity contribution is 0.0110. The number of carboxylic acid groups (broad SMARTS) is 1. The summed E-state index contributed by atoms with van der Waals surface area (Å²) in [5.74, 6) is 0.879. The van der Waals surface area contributed by atoms with E-state index in [-0.39, 0.29) is 11.7 Å². The Morgan fingerprint density at radius 2 is 1.97 bits per heavy atom. The molecule has 7 nitrogen and oxygen atoms in total. The first-order valence-electron chi connectivity index (χ1n) is 11.6. The Hall–Kier alpha value is -2.61. The fourth-order valence-electron chi connectivity index (χ4n) is 5.32. The number of aromatic amines is 1.